The first-order chi connectivity index (χ1) is 22.9. The first-order valence-corrected chi connectivity index (χ1v) is 16.3. The number of anilines is 1. The maximum absolute atomic E-state index is 13.4. The Balaban J connectivity index is 1.33. The fourth-order valence-corrected chi connectivity index (χ4v) is 6.55. The maximum atomic E-state index is 13.4. The summed E-state index contributed by atoms with van der Waals surface area (Å²) in [6.07, 6.45) is -3.01. The summed E-state index contributed by atoms with van der Waals surface area (Å²) in [6.45, 7) is 3.82. The molecule has 2 fully saturated rings. The van der Waals surface area contributed by atoms with Crippen LogP contribution in [-0.4, -0.2) is 83.0 Å². The molecule has 252 valence electrons. The van der Waals surface area contributed by atoms with Crippen molar-refractivity contribution in [3.8, 4) is 16.9 Å². The molecule has 0 bridgehead atoms. The van der Waals surface area contributed by atoms with Gasteiger partial charge in [-0.3, -0.25) is 19.4 Å². The molecule has 3 aromatic rings. The summed E-state index contributed by atoms with van der Waals surface area (Å²) in [6, 6.07) is 13.9. The lowest BCUT2D eigenvalue weighted by atomic mass is 10.0. The van der Waals surface area contributed by atoms with Crippen molar-refractivity contribution in [3.05, 3.63) is 87.3 Å². The van der Waals surface area contributed by atoms with E-state index >= 15 is 0 Å². The molecular weight excluding hydrogens is 691 g/mol. The fraction of sp³-hybridized carbons (Fsp3) is 0.273. The summed E-state index contributed by atoms with van der Waals surface area (Å²) in [5, 5.41) is 11.6. The van der Waals surface area contributed by atoms with Gasteiger partial charge in [0.1, 0.15) is 16.7 Å². The zero-order chi connectivity index (χ0) is 34.4. The number of carboxylic acids is 1. The number of thioether (sulfide) groups is 1. The van der Waals surface area contributed by atoms with Crippen LogP contribution in [0.2, 0.25) is 5.02 Å². The van der Waals surface area contributed by atoms with E-state index in [1.807, 2.05) is 0 Å². The van der Waals surface area contributed by atoms with Crippen LogP contribution >= 0.6 is 35.6 Å². The molecule has 0 radical (unpaired) electrons. The van der Waals surface area contributed by atoms with Gasteiger partial charge in [0.25, 0.3) is 5.91 Å². The van der Waals surface area contributed by atoms with E-state index in [-0.39, 0.29) is 32.8 Å². The molecule has 0 aromatic heterocycles. The maximum Gasteiger partial charge on any atom is 0.416 e. The minimum atomic E-state index is -4.55. The number of benzene rings is 3. The number of carboxylic acid groups (broad SMARTS) is 1. The number of carbonyl (C=O) groups is 3. The summed E-state index contributed by atoms with van der Waals surface area (Å²) in [5.74, 6) is -1.44. The normalized spacial score (nSPS) is 16.4. The molecule has 3 aromatic carbocycles. The van der Waals surface area contributed by atoms with E-state index in [0.717, 1.165) is 37.0 Å². The fourth-order valence-electron chi connectivity index (χ4n) is 4.96. The minimum absolute atomic E-state index is 0.00512. The van der Waals surface area contributed by atoms with Crippen LogP contribution in [0.3, 0.4) is 0 Å². The van der Waals surface area contributed by atoms with Crippen molar-refractivity contribution in [1.29, 1.82) is 0 Å². The molecule has 48 heavy (non-hydrogen) atoms. The van der Waals surface area contributed by atoms with Crippen molar-refractivity contribution < 1.29 is 42.1 Å². The van der Waals surface area contributed by atoms with E-state index in [1.165, 1.54) is 35.2 Å². The molecule has 2 aliphatic rings. The topological polar surface area (TPSA) is 108 Å². The number of thiocarbonyl (C=S) groups is 1. The molecule has 2 amide bonds. The van der Waals surface area contributed by atoms with Crippen LogP contribution in [0.4, 0.5) is 18.9 Å². The van der Waals surface area contributed by atoms with Crippen molar-refractivity contribution >= 4 is 69.4 Å². The third-order valence-corrected chi connectivity index (χ3v) is 9.21. The quantitative estimate of drug-likeness (QED) is 0.166. The van der Waals surface area contributed by atoms with Gasteiger partial charge in [-0.15, -0.1) is 0 Å². The highest BCUT2D eigenvalue weighted by molar-refractivity contribution is 8.26. The van der Waals surface area contributed by atoms with Gasteiger partial charge in [0.2, 0.25) is 5.91 Å². The molecule has 5 rings (SSSR count). The molecular formula is C33H29ClF3N3O6S2. The Labute approximate surface area is 288 Å². The third kappa shape index (κ3) is 8.94. The Hall–Kier alpha value is -3.95. The lowest BCUT2D eigenvalue weighted by molar-refractivity contribution is -0.137. The molecule has 9 nitrogen and oxygen atoms in total. The van der Waals surface area contributed by atoms with Crippen molar-refractivity contribution in [2.24, 2.45) is 0 Å². The Bertz CT molecular complexity index is 1750. The van der Waals surface area contributed by atoms with E-state index in [2.05, 4.69) is 10.2 Å². The second kappa shape index (κ2) is 15.5. The monoisotopic (exact) mass is 719 g/mol. The van der Waals surface area contributed by atoms with Crippen LogP contribution in [-0.2, 0) is 20.5 Å². The number of amides is 2. The molecule has 0 aliphatic carbocycles. The van der Waals surface area contributed by atoms with Crippen molar-refractivity contribution in [2.75, 3.05) is 51.3 Å². The summed E-state index contributed by atoms with van der Waals surface area (Å²) >= 11 is 12.8. The van der Waals surface area contributed by atoms with Crippen molar-refractivity contribution in [3.63, 3.8) is 0 Å². The van der Waals surface area contributed by atoms with Crippen LogP contribution in [0.25, 0.3) is 17.2 Å². The number of hydrogen-bond acceptors (Lipinski definition) is 8. The Morgan fingerprint density at radius 3 is 2.46 bits per heavy atom. The molecule has 0 atom stereocenters. The van der Waals surface area contributed by atoms with E-state index in [1.54, 1.807) is 24.3 Å². The van der Waals surface area contributed by atoms with E-state index in [4.69, 9.17) is 38.4 Å². The number of morpholine rings is 1. The van der Waals surface area contributed by atoms with Crippen molar-refractivity contribution in [2.45, 2.75) is 12.6 Å². The molecule has 2 heterocycles. The van der Waals surface area contributed by atoms with Crippen molar-refractivity contribution in [1.82, 2.24) is 9.80 Å². The van der Waals surface area contributed by atoms with Gasteiger partial charge in [-0.25, -0.2) is 4.79 Å². The minimum Gasteiger partial charge on any atom is -0.492 e. The highest BCUT2D eigenvalue weighted by Crippen LogP contribution is 2.39. The number of hydrogen-bond donors (Lipinski definition) is 2. The summed E-state index contributed by atoms with van der Waals surface area (Å²) in [4.78, 5) is 40.9. The number of rotatable bonds is 11. The molecule has 2 aliphatic heterocycles. The number of halogens is 4. The zero-order valence-corrected chi connectivity index (χ0v) is 27.6. The number of ether oxygens (including phenoxy) is 2. The second-order valence-corrected chi connectivity index (χ2v) is 12.8. The largest absolute Gasteiger partial charge is 0.492 e. The van der Waals surface area contributed by atoms with Gasteiger partial charge in [-0.1, -0.05) is 47.7 Å². The first kappa shape index (κ1) is 35.4. The Morgan fingerprint density at radius 2 is 1.79 bits per heavy atom. The molecule has 0 saturated carbocycles. The van der Waals surface area contributed by atoms with Gasteiger partial charge < -0.3 is 19.9 Å². The Kier molecular flexibility index (Phi) is 11.4. The number of nitrogens with zero attached hydrogens (tertiary/aromatic N) is 2. The predicted octanol–water partition coefficient (Wildman–Crippen LogP) is 6.67. The van der Waals surface area contributed by atoms with Gasteiger partial charge in [-0.05, 0) is 60.2 Å². The number of carbonyl (C=O) groups excluding carboxylic acids is 2. The molecule has 2 saturated heterocycles. The van der Waals surface area contributed by atoms with Crippen LogP contribution in [0.5, 0.6) is 5.75 Å². The predicted molar refractivity (Wildman–Crippen MR) is 181 cm³/mol. The summed E-state index contributed by atoms with van der Waals surface area (Å²) in [5.41, 5.74) is 1.00. The number of nitrogens with one attached hydrogen (secondary N) is 1. The SMILES string of the molecule is O=C(CCN1C(=O)/C(=C/c2cc(-c3ccc(C(F)(F)F)cc3Cl)ccc2OCCN2CCOCC2)SC1=S)Nc1ccc(C(=O)O)cc1. The smallest absolute Gasteiger partial charge is 0.416 e. The highest BCUT2D eigenvalue weighted by atomic mass is 35.5. The van der Waals surface area contributed by atoms with Crippen LogP contribution in [0.1, 0.15) is 27.9 Å². The standard InChI is InChI=1S/C33H29ClF3N3O6S2/c34-26-19-23(33(35,36)37)4-7-25(26)21-3-8-27(46-16-13-39-11-14-45-15-12-39)22(17-21)18-28-30(42)40(32(47)48-28)10-9-29(41)38-24-5-1-20(2-6-24)31(43)44/h1-8,17-19H,9-16H2,(H,38,41)(H,43,44)/b28-18-. The van der Waals surface area contributed by atoms with Crippen LogP contribution < -0.4 is 10.1 Å². The van der Waals surface area contributed by atoms with Gasteiger partial charge in [0, 0.05) is 54.4 Å². The average Bonchev–Trinajstić information content (AvgIpc) is 3.32. The Morgan fingerprint density at radius 1 is 1.06 bits per heavy atom. The van der Waals surface area contributed by atoms with Gasteiger partial charge >= 0.3 is 12.1 Å². The highest BCUT2D eigenvalue weighted by Gasteiger charge is 2.33. The summed E-state index contributed by atoms with van der Waals surface area (Å²) in [7, 11) is 0. The third-order valence-electron chi connectivity index (χ3n) is 7.52. The first-order valence-electron chi connectivity index (χ1n) is 14.7. The van der Waals surface area contributed by atoms with Crippen LogP contribution in [0.15, 0.2) is 65.6 Å². The molecule has 15 heteroatoms. The second-order valence-electron chi connectivity index (χ2n) is 10.8. The molecule has 2 N–H and O–H groups in total. The van der Waals surface area contributed by atoms with Crippen LogP contribution in [0, 0.1) is 0 Å². The van der Waals surface area contributed by atoms with Gasteiger partial charge in [0.05, 0.1) is 29.2 Å². The lowest BCUT2D eigenvalue weighted by Gasteiger charge is -2.26. The van der Waals surface area contributed by atoms with E-state index in [9.17, 15) is 27.6 Å². The van der Waals surface area contributed by atoms with Gasteiger partial charge in [-0.2, -0.15) is 13.2 Å². The number of alkyl halides is 3. The lowest BCUT2D eigenvalue weighted by Crippen LogP contribution is -2.38. The van der Waals surface area contributed by atoms with E-state index in [0.29, 0.717) is 54.5 Å². The average molecular weight is 720 g/mol. The summed E-state index contributed by atoms with van der Waals surface area (Å²) < 4.78 is 51.5. The zero-order valence-electron chi connectivity index (χ0n) is 25.2. The van der Waals surface area contributed by atoms with E-state index < -0.39 is 29.5 Å². The molecule has 0 unspecified atom stereocenters. The van der Waals surface area contributed by atoms with Gasteiger partial charge in [0.15, 0.2) is 0 Å². The molecule has 0 spiro atoms. The number of aromatic carboxylic acids is 1.